The Labute approximate surface area is 129 Å². The minimum Gasteiger partial charge on any atom is -0.368 e. The summed E-state index contributed by atoms with van der Waals surface area (Å²) >= 11 is 1.99. The van der Waals surface area contributed by atoms with Crippen LogP contribution >= 0.6 is 22.6 Å². The number of halogens is 1. The Bertz CT molecular complexity index is 580. The molecule has 2 saturated heterocycles. The number of benzene rings is 1. The van der Waals surface area contributed by atoms with Gasteiger partial charge in [0, 0.05) is 37.9 Å². The first kappa shape index (κ1) is 13.4. The molecule has 0 radical (unpaired) electrons. The van der Waals surface area contributed by atoms with Crippen LogP contribution in [-0.2, 0) is 0 Å². The Morgan fingerprint density at radius 1 is 1.40 bits per heavy atom. The molecule has 0 bridgehead atoms. The maximum Gasteiger partial charge on any atom is 0.317 e. The van der Waals surface area contributed by atoms with E-state index in [4.69, 9.17) is 0 Å². The van der Waals surface area contributed by atoms with E-state index in [1.807, 2.05) is 33.6 Å². The van der Waals surface area contributed by atoms with Crippen LogP contribution in [0, 0.1) is 13.7 Å². The van der Waals surface area contributed by atoms with Crippen LogP contribution in [0.1, 0.15) is 0 Å². The average molecular weight is 388 g/mol. The van der Waals surface area contributed by atoms with Crippen LogP contribution in [0.15, 0.2) is 18.2 Å². The molecule has 7 nitrogen and oxygen atoms in total. The number of hydrogen-bond donors (Lipinski definition) is 1. The molecule has 2 aliphatic heterocycles. The van der Waals surface area contributed by atoms with Gasteiger partial charge in [0.2, 0.25) is 0 Å². The van der Waals surface area contributed by atoms with Crippen LogP contribution in [0.25, 0.3) is 0 Å². The molecular formula is C12H13IN4O3. The Hall–Kier alpha value is -1.58. The molecule has 2 fully saturated rings. The molecular weight excluding hydrogens is 375 g/mol. The number of anilines is 1. The molecule has 1 aromatic rings. The van der Waals surface area contributed by atoms with Gasteiger partial charge >= 0.3 is 6.03 Å². The number of amides is 2. The first-order chi connectivity index (χ1) is 9.56. The maximum atomic E-state index is 11.5. The number of nitrogens with zero attached hydrogens (tertiary/aromatic N) is 3. The van der Waals surface area contributed by atoms with Gasteiger partial charge in [-0.3, -0.25) is 10.1 Å². The topological polar surface area (TPSA) is 78.7 Å². The molecule has 1 atom stereocenters. The SMILES string of the molecule is O=C1NCC2CN(c3ccc([N+](=O)[O-])c(I)c3)CCN12. The lowest BCUT2D eigenvalue weighted by Crippen LogP contribution is -2.52. The van der Waals surface area contributed by atoms with Crippen molar-refractivity contribution in [2.45, 2.75) is 6.04 Å². The number of nitro groups is 1. The third-order valence-corrected chi connectivity index (χ3v) is 4.59. The summed E-state index contributed by atoms with van der Waals surface area (Å²) in [7, 11) is 0. The zero-order valence-electron chi connectivity index (χ0n) is 10.6. The van der Waals surface area contributed by atoms with E-state index in [1.165, 1.54) is 0 Å². The highest BCUT2D eigenvalue weighted by molar-refractivity contribution is 14.1. The van der Waals surface area contributed by atoms with Crippen molar-refractivity contribution in [3.8, 4) is 0 Å². The minimum atomic E-state index is -0.372. The average Bonchev–Trinajstić information content (AvgIpc) is 2.79. The van der Waals surface area contributed by atoms with E-state index in [-0.39, 0.29) is 22.7 Å². The molecule has 2 heterocycles. The fourth-order valence-corrected chi connectivity index (χ4v) is 3.37. The third-order valence-electron chi connectivity index (χ3n) is 3.73. The van der Waals surface area contributed by atoms with Crippen molar-refractivity contribution in [1.29, 1.82) is 0 Å². The van der Waals surface area contributed by atoms with Crippen molar-refractivity contribution in [3.05, 3.63) is 31.9 Å². The highest BCUT2D eigenvalue weighted by Crippen LogP contribution is 2.28. The van der Waals surface area contributed by atoms with Gasteiger partial charge < -0.3 is 15.1 Å². The normalized spacial score (nSPS) is 21.6. The van der Waals surface area contributed by atoms with Crippen LogP contribution in [-0.4, -0.2) is 48.1 Å². The van der Waals surface area contributed by atoms with Crippen molar-refractivity contribution in [2.24, 2.45) is 0 Å². The molecule has 8 heteroatoms. The highest BCUT2D eigenvalue weighted by Gasteiger charge is 2.35. The molecule has 3 rings (SSSR count). The molecule has 1 aromatic carbocycles. The predicted octanol–water partition coefficient (Wildman–Crippen LogP) is 1.41. The van der Waals surface area contributed by atoms with Gasteiger partial charge in [-0.2, -0.15) is 0 Å². The van der Waals surface area contributed by atoms with Crippen molar-refractivity contribution in [2.75, 3.05) is 31.1 Å². The van der Waals surface area contributed by atoms with Gasteiger partial charge in [-0.15, -0.1) is 0 Å². The second-order valence-electron chi connectivity index (χ2n) is 4.87. The molecule has 0 aliphatic carbocycles. The van der Waals surface area contributed by atoms with Crippen LogP contribution in [0.5, 0.6) is 0 Å². The number of carbonyl (C=O) groups excluding carboxylic acids is 1. The maximum absolute atomic E-state index is 11.5. The van der Waals surface area contributed by atoms with Crippen LogP contribution in [0.4, 0.5) is 16.2 Å². The fraction of sp³-hybridized carbons (Fsp3) is 0.417. The monoisotopic (exact) mass is 388 g/mol. The number of fused-ring (bicyclic) bond motifs is 1. The predicted molar refractivity (Wildman–Crippen MR) is 81.9 cm³/mol. The second-order valence-corrected chi connectivity index (χ2v) is 6.03. The zero-order chi connectivity index (χ0) is 14.3. The number of rotatable bonds is 2. The van der Waals surface area contributed by atoms with Gasteiger partial charge in [-0.1, -0.05) is 0 Å². The molecule has 2 aliphatic rings. The largest absolute Gasteiger partial charge is 0.368 e. The molecule has 1 unspecified atom stereocenters. The van der Waals surface area contributed by atoms with Gasteiger partial charge in [0.1, 0.15) is 0 Å². The lowest BCUT2D eigenvalue weighted by molar-refractivity contribution is -0.385. The van der Waals surface area contributed by atoms with Crippen LogP contribution < -0.4 is 10.2 Å². The van der Waals surface area contributed by atoms with Crippen LogP contribution in [0.2, 0.25) is 0 Å². The number of nitro benzene ring substituents is 1. The summed E-state index contributed by atoms with van der Waals surface area (Å²) in [6.07, 6.45) is 0. The van der Waals surface area contributed by atoms with E-state index in [1.54, 1.807) is 12.1 Å². The second kappa shape index (κ2) is 5.08. The molecule has 0 saturated carbocycles. The summed E-state index contributed by atoms with van der Waals surface area (Å²) in [5.41, 5.74) is 1.10. The van der Waals surface area contributed by atoms with Crippen molar-refractivity contribution in [3.63, 3.8) is 0 Å². The van der Waals surface area contributed by atoms with E-state index in [0.29, 0.717) is 16.7 Å². The summed E-state index contributed by atoms with van der Waals surface area (Å²) < 4.78 is 0.633. The Balaban J connectivity index is 1.79. The fourth-order valence-electron chi connectivity index (χ4n) is 2.68. The zero-order valence-corrected chi connectivity index (χ0v) is 12.7. The highest BCUT2D eigenvalue weighted by atomic mass is 127. The lowest BCUT2D eigenvalue weighted by atomic mass is 10.1. The molecule has 0 spiro atoms. The molecule has 2 amide bonds. The summed E-state index contributed by atoms with van der Waals surface area (Å²) in [5, 5.41) is 13.7. The number of hydrogen-bond acceptors (Lipinski definition) is 4. The Kier molecular flexibility index (Phi) is 3.40. The number of urea groups is 1. The van der Waals surface area contributed by atoms with Gasteiger partial charge in [0.15, 0.2) is 0 Å². The van der Waals surface area contributed by atoms with Crippen LogP contribution in [0.3, 0.4) is 0 Å². The summed E-state index contributed by atoms with van der Waals surface area (Å²) in [5.74, 6) is 0. The molecule has 0 aromatic heterocycles. The van der Waals surface area contributed by atoms with E-state index in [2.05, 4.69) is 10.2 Å². The van der Waals surface area contributed by atoms with E-state index in [0.717, 1.165) is 18.8 Å². The summed E-state index contributed by atoms with van der Waals surface area (Å²) in [6.45, 7) is 2.86. The Morgan fingerprint density at radius 2 is 2.20 bits per heavy atom. The first-order valence-corrected chi connectivity index (χ1v) is 7.37. The standard InChI is InChI=1S/C12H13IN4O3/c13-10-5-8(1-2-11(10)17(19)20)15-3-4-16-9(7-15)6-14-12(16)18/h1-2,5,9H,3-4,6-7H2,(H,14,18). The molecule has 1 N–H and O–H groups in total. The number of piperazine rings is 1. The first-order valence-electron chi connectivity index (χ1n) is 6.29. The van der Waals surface area contributed by atoms with E-state index in [9.17, 15) is 14.9 Å². The van der Waals surface area contributed by atoms with E-state index < -0.39 is 0 Å². The quantitative estimate of drug-likeness (QED) is 0.472. The summed E-state index contributed by atoms with van der Waals surface area (Å²) in [6, 6.07) is 5.34. The van der Waals surface area contributed by atoms with Crippen molar-refractivity contribution in [1.82, 2.24) is 10.2 Å². The summed E-state index contributed by atoms with van der Waals surface area (Å²) in [4.78, 5) is 26.0. The van der Waals surface area contributed by atoms with Crippen molar-refractivity contribution >= 4 is 40.0 Å². The number of nitrogens with one attached hydrogen (secondary N) is 1. The molecule has 106 valence electrons. The van der Waals surface area contributed by atoms with Gasteiger partial charge in [-0.25, -0.2) is 4.79 Å². The van der Waals surface area contributed by atoms with Gasteiger partial charge in [0.05, 0.1) is 14.5 Å². The van der Waals surface area contributed by atoms with Crippen molar-refractivity contribution < 1.29 is 9.72 Å². The molecule has 20 heavy (non-hydrogen) atoms. The minimum absolute atomic E-state index is 0.00734. The lowest BCUT2D eigenvalue weighted by Gasteiger charge is -2.37. The smallest absolute Gasteiger partial charge is 0.317 e. The van der Waals surface area contributed by atoms with Gasteiger partial charge in [-0.05, 0) is 34.7 Å². The van der Waals surface area contributed by atoms with E-state index >= 15 is 0 Å². The number of carbonyl (C=O) groups is 1. The van der Waals surface area contributed by atoms with Gasteiger partial charge in [0.25, 0.3) is 5.69 Å². The third kappa shape index (κ3) is 2.28. The Morgan fingerprint density at radius 3 is 2.90 bits per heavy atom.